The molecule has 12 heavy (non-hydrogen) atoms. The van der Waals surface area contributed by atoms with Crippen LogP contribution in [0.15, 0.2) is 6.33 Å². The van der Waals surface area contributed by atoms with Crippen LogP contribution in [-0.4, -0.2) is 16.5 Å². The van der Waals surface area contributed by atoms with Gasteiger partial charge in [0.25, 0.3) is 0 Å². The van der Waals surface area contributed by atoms with Gasteiger partial charge in [-0.1, -0.05) is 11.6 Å². The van der Waals surface area contributed by atoms with Gasteiger partial charge in [-0.15, -0.1) is 0 Å². The maximum absolute atomic E-state index is 5.92. The van der Waals surface area contributed by atoms with Gasteiger partial charge in [0, 0.05) is 12.1 Å². The van der Waals surface area contributed by atoms with E-state index in [1.807, 2.05) is 0 Å². The lowest BCUT2D eigenvalue weighted by Gasteiger charge is -2.05. The number of hydrogen-bond donors (Lipinski definition) is 1. The standard InChI is InChI=1S/C8H10ClN3/c9-7-6-3-1-2-4-10-8(6)12-5-11-7/h5H,1-4H2,(H,10,11,12). The highest BCUT2D eigenvalue weighted by molar-refractivity contribution is 6.30. The zero-order chi connectivity index (χ0) is 8.39. The first-order chi connectivity index (χ1) is 5.88. The van der Waals surface area contributed by atoms with Crippen molar-refractivity contribution in [2.45, 2.75) is 19.3 Å². The van der Waals surface area contributed by atoms with E-state index in [0.717, 1.165) is 30.8 Å². The minimum absolute atomic E-state index is 0.592. The number of aromatic nitrogens is 2. The summed E-state index contributed by atoms with van der Waals surface area (Å²) in [5.74, 6) is 0.910. The third-order valence-electron chi connectivity index (χ3n) is 2.04. The second kappa shape index (κ2) is 3.27. The van der Waals surface area contributed by atoms with E-state index < -0.39 is 0 Å². The van der Waals surface area contributed by atoms with Gasteiger partial charge in [0.2, 0.25) is 0 Å². The number of anilines is 1. The van der Waals surface area contributed by atoms with E-state index >= 15 is 0 Å². The molecule has 0 bridgehead atoms. The average Bonchev–Trinajstić information content (AvgIpc) is 2.30. The Hall–Kier alpha value is -0.830. The summed E-state index contributed by atoms with van der Waals surface area (Å²) >= 11 is 5.92. The Balaban J connectivity index is 2.42. The van der Waals surface area contributed by atoms with E-state index in [1.54, 1.807) is 0 Å². The number of fused-ring (bicyclic) bond motifs is 1. The van der Waals surface area contributed by atoms with Gasteiger partial charge in [-0.2, -0.15) is 0 Å². The molecular weight excluding hydrogens is 174 g/mol. The summed E-state index contributed by atoms with van der Waals surface area (Å²) in [6.07, 6.45) is 4.82. The van der Waals surface area contributed by atoms with Crippen molar-refractivity contribution in [3.8, 4) is 0 Å². The number of nitrogens with one attached hydrogen (secondary N) is 1. The molecule has 1 aromatic rings. The predicted octanol–water partition coefficient (Wildman–Crippen LogP) is 1.88. The molecule has 1 aromatic heterocycles. The topological polar surface area (TPSA) is 37.8 Å². The van der Waals surface area contributed by atoms with Crippen molar-refractivity contribution in [1.82, 2.24) is 9.97 Å². The Kier molecular flexibility index (Phi) is 2.13. The summed E-state index contributed by atoms with van der Waals surface area (Å²) in [5, 5.41) is 3.82. The van der Waals surface area contributed by atoms with Crippen LogP contribution in [0.25, 0.3) is 0 Å². The molecule has 0 aliphatic carbocycles. The Morgan fingerprint density at radius 1 is 1.33 bits per heavy atom. The largest absolute Gasteiger partial charge is 0.370 e. The van der Waals surface area contributed by atoms with Crippen LogP contribution in [0.4, 0.5) is 5.82 Å². The van der Waals surface area contributed by atoms with Crippen LogP contribution in [-0.2, 0) is 6.42 Å². The van der Waals surface area contributed by atoms with Crippen molar-refractivity contribution in [2.24, 2.45) is 0 Å². The third kappa shape index (κ3) is 1.37. The summed E-state index contributed by atoms with van der Waals surface area (Å²) in [6, 6.07) is 0. The molecule has 3 nitrogen and oxygen atoms in total. The molecule has 0 unspecified atom stereocenters. The van der Waals surface area contributed by atoms with Gasteiger partial charge in [0.15, 0.2) is 0 Å². The summed E-state index contributed by atoms with van der Waals surface area (Å²) < 4.78 is 0. The fraction of sp³-hybridized carbons (Fsp3) is 0.500. The van der Waals surface area contributed by atoms with Crippen molar-refractivity contribution in [3.63, 3.8) is 0 Å². The molecular formula is C8H10ClN3. The fourth-order valence-electron chi connectivity index (χ4n) is 1.40. The molecule has 0 saturated carbocycles. The SMILES string of the molecule is Clc1ncnc2c1CCCCN2. The minimum atomic E-state index is 0.592. The highest BCUT2D eigenvalue weighted by Gasteiger charge is 2.11. The molecule has 0 radical (unpaired) electrons. The van der Waals surface area contributed by atoms with Gasteiger partial charge in [-0.05, 0) is 19.3 Å². The highest BCUT2D eigenvalue weighted by Crippen LogP contribution is 2.23. The van der Waals surface area contributed by atoms with Crippen LogP contribution in [0.1, 0.15) is 18.4 Å². The van der Waals surface area contributed by atoms with Gasteiger partial charge in [-0.3, -0.25) is 0 Å². The third-order valence-corrected chi connectivity index (χ3v) is 2.36. The normalized spacial score (nSPS) is 16.1. The summed E-state index contributed by atoms with van der Waals surface area (Å²) in [5.41, 5.74) is 1.07. The van der Waals surface area contributed by atoms with Gasteiger partial charge >= 0.3 is 0 Å². The Labute approximate surface area is 76.2 Å². The Bertz CT molecular complexity index is 288. The van der Waals surface area contributed by atoms with E-state index in [9.17, 15) is 0 Å². The second-order valence-corrected chi connectivity index (χ2v) is 3.23. The van der Waals surface area contributed by atoms with Crippen molar-refractivity contribution in [1.29, 1.82) is 0 Å². The van der Waals surface area contributed by atoms with Gasteiger partial charge in [0.1, 0.15) is 17.3 Å². The number of halogens is 1. The summed E-state index contributed by atoms with van der Waals surface area (Å²) in [6.45, 7) is 0.986. The molecule has 0 fully saturated rings. The van der Waals surface area contributed by atoms with Crippen LogP contribution in [0.5, 0.6) is 0 Å². The molecule has 4 heteroatoms. The Morgan fingerprint density at radius 2 is 2.25 bits per heavy atom. The van der Waals surface area contributed by atoms with Crippen LogP contribution in [0.3, 0.4) is 0 Å². The molecule has 0 amide bonds. The van der Waals surface area contributed by atoms with E-state index in [0.29, 0.717) is 5.15 Å². The summed E-state index contributed by atoms with van der Waals surface area (Å²) in [4.78, 5) is 8.08. The number of rotatable bonds is 0. The lowest BCUT2D eigenvalue weighted by atomic mass is 10.1. The zero-order valence-electron chi connectivity index (χ0n) is 6.68. The lowest BCUT2D eigenvalue weighted by molar-refractivity contribution is 0.784. The van der Waals surface area contributed by atoms with E-state index in [4.69, 9.17) is 11.6 Å². The zero-order valence-corrected chi connectivity index (χ0v) is 7.43. The van der Waals surface area contributed by atoms with Crippen molar-refractivity contribution >= 4 is 17.4 Å². The van der Waals surface area contributed by atoms with Crippen LogP contribution in [0.2, 0.25) is 5.15 Å². The van der Waals surface area contributed by atoms with Crippen molar-refractivity contribution in [2.75, 3.05) is 11.9 Å². The van der Waals surface area contributed by atoms with Crippen LogP contribution in [0, 0.1) is 0 Å². The van der Waals surface area contributed by atoms with Crippen LogP contribution >= 0.6 is 11.6 Å². The molecule has 0 spiro atoms. The van der Waals surface area contributed by atoms with Crippen LogP contribution < -0.4 is 5.32 Å². The Morgan fingerprint density at radius 3 is 3.17 bits per heavy atom. The maximum atomic E-state index is 5.92. The number of hydrogen-bond acceptors (Lipinski definition) is 3. The second-order valence-electron chi connectivity index (χ2n) is 2.88. The van der Waals surface area contributed by atoms with E-state index in [2.05, 4.69) is 15.3 Å². The maximum Gasteiger partial charge on any atom is 0.137 e. The van der Waals surface area contributed by atoms with Gasteiger partial charge in [-0.25, -0.2) is 9.97 Å². The first-order valence-corrected chi connectivity index (χ1v) is 4.49. The molecule has 0 saturated heterocycles. The van der Waals surface area contributed by atoms with E-state index in [-0.39, 0.29) is 0 Å². The molecule has 64 valence electrons. The van der Waals surface area contributed by atoms with Gasteiger partial charge in [0.05, 0.1) is 0 Å². The monoisotopic (exact) mass is 183 g/mol. The average molecular weight is 184 g/mol. The fourth-order valence-corrected chi connectivity index (χ4v) is 1.63. The van der Waals surface area contributed by atoms with Crippen molar-refractivity contribution < 1.29 is 0 Å². The molecule has 0 atom stereocenters. The highest BCUT2D eigenvalue weighted by atomic mass is 35.5. The molecule has 0 aromatic carbocycles. The van der Waals surface area contributed by atoms with Crippen molar-refractivity contribution in [3.05, 3.63) is 17.0 Å². The lowest BCUT2D eigenvalue weighted by Crippen LogP contribution is -2.02. The first kappa shape index (κ1) is 7.80. The number of nitrogens with zero attached hydrogens (tertiary/aromatic N) is 2. The minimum Gasteiger partial charge on any atom is -0.370 e. The molecule has 1 aliphatic heterocycles. The van der Waals surface area contributed by atoms with E-state index in [1.165, 1.54) is 12.7 Å². The first-order valence-electron chi connectivity index (χ1n) is 4.11. The quantitative estimate of drug-likeness (QED) is 0.625. The molecule has 2 rings (SSSR count). The smallest absolute Gasteiger partial charge is 0.137 e. The van der Waals surface area contributed by atoms with Gasteiger partial charge < -0.3 is 5.32 Å². The summed E-state index contributed by atoms with van der Waals surface area (Å²) in [7, 11) is 0. The molecule has 2 heterocycles. The molecule has 1 N–H and O–H groups in total. The molecule has 1 aliphatic rings. The predicted molar refractivity (Wildman–Crippen MR) is 48.5 cm³/mol.